The molecule has 0 atom stereocenters. The van der Waals surface area contributed by atoms with Crippen LogP contribution in [0, 0.1) is 16.0 Å². The Bertz CT molecular complexity index is 411. The highest BCUT2D eigenvalue weighted by atomic mass is 16.6. The van der Waals surface area contributed by atoms with E-state index in [-0.39, 0.29) is 11.5 Å². The first kappa shape index (κ1) is 12.2. The fraction of sp³-hybridized carbons (Fsp3) is 0.556. The van der Waals surface area contributed by atoms with E-state index in [0.717, 1.165) is 12.5 Å². The molecule has 0 aromatic carbocycles. The van der Waals surface area contributed by atoms with Gasteiger partial charge in [-0.1, -0.05) is 18.9 Å². The third-order valence-corrected chi connectivity index (χ3v) is 2.12. The van der Waals surface area contributed by atoms with Crippen LogP contribution in [0.5, 0.6) is 0 Å². The Kier molecular flexibility index (Phi) is 3.60. The van der Waals surface area contributed by atoms with Gasteiger partial charge in [-0.05, 0) is 17.3 Å². The molecular formula is C9H14N4O3. The number of hydrogen-bond donors (Lipinski definition) is 1. The van der Waals surface area contributed by atoms with Crippen LogP contribution < -0.4 is 5.73 Å². The number of primary amides is 1. The molecule has 1 aromatic heterocycles. The van der Waals surface area contributed by atoms with E-state index < -0.39 is 10.8 Å². The maximum absolute atomic E-state index is 10.9. The zero-order valence-corrected chi connectivity index (χ0v) is 9.21. The molecule has 0 aliphatic carbocycles. The molecular weight excluding hydrogens is 212 g/mol. The second kappa shape index (κ2) is 4.73. The first-order chi connectivity index (χ1) is 7.41. The molecule has 1 heterocycles. The summed E-state index contributed by atoms with van der Waals surface area (Å²) in [5, 5.41) is 14.5. The summed E-state index contributed by atoms with van der Waals surface area (Å²) in [5.41, 5.74) is 4.94. The molecule has 2 N–H and O–H groups in total. The fourth-order valence-electron chi connectivity index (χ4n) is 1.22. The summed E-state index contributed by atoms with van der Waals surface area (Å²) in [6.07, 6.45) is 0.751. The van der Waals surface area contributed by atoms with Gasteiger partial charge >= 0.3 is 5.82 Å². The van der Waals surface area contributed by atoms with E-state index in [4.69, 9.17) is 5.73 Å². The maximum atomic E-state index is 10.9. The third-order valence-electron chi connectivity index (χ3n) is 2.12. The van der Waals surface area contributed by atoms with Gasteiger partial charge in [0.15, 0.2) is 5.69 Å². The average molecular weight is 226 g/mol. The summed E-state index contributed by atoms with van der Waals surface area (Å²) in [5.74, 6) is -0.554. The minimum atomic E-state index is -0.758. The smallest absolute Gasteiger partial charge is 0.345 e. The molecule has 0 unspecified atom stereocenters. The van der Waals surface area contributed by atoms with Crippen molar-refractivity contribution in [3.8, 4) is 0 Å². The van der Waals surface area contributed by atoms with Crippen molar-refractivity contribution in [2.45, 2.75) is 26.8 Å². The van der Waals surface area contributed by atoms with Crippen molar-refractivity contribution in [2.75, 3.05) is 0 Å². The number of rotatable bonds is 5. The van der Waals surface area contributed by atoms with Crippen molar-refractivity contribution in [3.05, 3.63) is 21.9 Å². The second-order valence-electron chi connectivity index (χ2n) is 3.91. The molecule has 0 saturated carbocycles. The summed E-state index contributed by atoms with van der Waals surface area (Å²) in [7, 11) is 0. The van der Waals surface area contributed by atoms with Crippen LogP contribution in [0.4, 0.5) is 5.82 Å². The van der Waals surface area contributed by atoms with Crippen LogP contribution in [0.1, 0.15) is 30.8 Å². The van der Waals surface area contributed by atoms with Gasteiger partial charge in [0.2, 0.25) is 0 Å². The number of carbonyl (C=O) groups excluding carboxylic acids is 1. The molecule has 7 nitrogen and oxygen atoms in total. The predicted octanol–water partition coefficient (Wildman–Crippen LogP) is 0.936. The molecule has 0 aliphatic heterocycles. The van der Waals surface area contributed by atoms with Gasteiger partial charge in [-0.25, -0.2) is 0 Å². The Balaban J connectivity index is 2.96. The molecule has 1 aromatic rings. The molecule has 1 rings (SSSR count). The highest BCUT2D eigenvalue weighted by Crippen LogP contribution is 2.15. The summed E-state index contributed by atoms with van der Waals surface area (Å²) < 4.78 is 1.21. The maximum Gasteiger partial charge on any atom is 0.345 e. The van der Waals surface area contributed by atoms with Crippen molar-refractivity contribution < 1.29 is 9.72 Å². The van der Waals surface area contributed by atoms with Gasteiger partial charge in [-0.3, -0.25) is 4.79 Å². The highest BCUT2D eigenvalue weighted by Gasteiger charge is 2.20. The Labute approximate surface area is 92.4 Å². The highest BCUT2D eigenvalue weighted by molar-refractivity contribution is 5.91. The second-order valence-corrected chi connectivity index (χ2v) is 3.91. The van der Waals surface area contributed by atoms with E-state index in [1.54, 1.807) is 0 Å². The molecule has 0 radical (unpaired) electrons. The fourth-order valence-corrected chi connectivity index (χ4v) is 1.22. The lowest BCUT2D eigenvalue weighted by molar-refractivity contribution is -0.392. The summed E-state index contributed by atoms with van der Waals surface area (Å²) in [4.78, 5) is 21.0. The van der Waals surface area contributed by atoms with Gasteiger partial charge < -0.3 is 15.8 Å². The number of nitrogens with zero attached hydrogens (tertiary/aromatic N) is 3. The van der Waals surface area contributed by atoms with Crippen molar-refractivity contribution in [3.63, 3.8) is 0 Å². The standard InChI is InChI=1S/C9H14N4O3/c1-6(2)3-4-12-8(13(15)16)5-7(11-12)9(10)14/h5-6H,3-4H2,1-2H3,(H2,10,14). The minimum absolute atomic E-state index is 0.0737. The number of aromatic nitrogens is 2. The van der Waals surface area contributed by atoms with Crippen LogP contribution >= 0.6 is 0 Å². The number of nitro groups is 1. The minimum Gasteiger partial charge on any atom is -0.364 e. The first-order valence-corrected chi connectivity index (χ1v) is 4.94. The topological polar surface area (TPSA) is 104 Å². The van der Waals surface area contributed by atoms with Crippen LogP contribution in [0.3, 0.4) is 0 Å². The summed E-state index contributed by atoms with van der Waals surface area (Å²) in [6.45, 7) is 4.41. The lowest BCUT2D eigenvalue weighted by atomic mass is 10.1. The van der Waals surface area contributed by atoms with E-state index in [0.29, 0.717) is 12.5 Å². The predicted molar refractivity (Wildman–Crippen MR) is 56.9 cm³/mol. The molecule has 16 heavy (non-hydrogen) atoms. The van der Waals surface area contributed by atoms with Crippen molar-refractivity contribution in [1.29, 1.82) is 0 Å². The van der Waals surface area contributed by atoms with Crippen molar-refractivity contribution in [1.82, 2.24) is 9.78 Å². The molecule has 7 heteroatoms. The Morgan fingerprint density at radius 1 is 1.69 bits per heavy atom. The number of carbonyl (C=O) groups is 1. The van der Waals surface area contributed by atoms with Gasteiger partial charge in [-0.2, -0.15) is 0 Å². The van der Waals surface area contributed by atoms with Gasteiger partial charge in [0.25, 0.3) is 5.91 Å². The monoisotopic (exact) mass is 226 g/mol. The van der Waals surface area contributed by atoms with Crippen LogP contribution in [-0.2, 0) is 6.54 Å². The zero-order valence-electron chi connectivity index (χ0n) is 9.21. The van der Waals surface area contributed by atoms with Gasteiger partial charge in [-0.15, -0.1) is 4.68 Å². The van der Waals surface area contributed by atoms with E-state index in [9.17, 15) is 14.9 Å². The molecule has 88 valence electrons. The van der Waals surface area contributed by atoms with E-state index >= 15 is 0 Å². The molecule has 0 saturated heterocycles. The first-order valence-electron chi connectivity index (χ1n) is 4.94. The van der Waals surface area contributed by atoms with Gasteiger partial charge in [0.05, 0.1) is 6.07 Å². The van der Waals surface area contributed by atoms with E-state index in [1.807, 2.05) is 13.8 Å². The van der Waals surface area contributed by atoms with Crippen molar-refractivity contribution in [2.24, 2.45) is 11.7 Å². The van der Waals surface area contributed by atoms with Crippen LogP contribution in [0.25, 0.3) is 0 Å². The van der Waals surface area contributed by atoms with Crippen LogP contribution in [0.15, 0.2) is 6.07 Å². The van der Waals surface area contributed by atoms with Crippen LogP contribution in [-0.4, -0.2) is 20.6 Å². The Morgan fingerprint density at radius 2 is 2.31 bits per heavy atom. The van der Waals surface area contributed by atoms with Gasteiger partial charge in [0.1, 0.15) is 6.54 Å². The van der Waals surface area contributed by atoms with E-state index in [1.165, 1.54) is 4.68 Å². The zero-order chi connectivity index (χ0) is 12.3. The largest absolute Gasteiger partial charge is 0.364 e. The molecule has 0 bridgehead atoms. The number of hydrogen-bond acceptors (Lipinski definition) is 4. The molecule has 0 spiro atoms. The van der Waals surface area contributed by atoms with Gasteiger partial charge in [0, 0.05) is 0 Å². The number of nitrogens with two attached hydrogens (primary N) is 1. The number of amides is 1. The number of aryl methyl sites for hydroxylation is 1. The Morgan fingerprint density at radius 3 is 2.75 bits per heavy atom. The SMILES string of the molecule is CC(C)CCn1nc(C(N)=O)cc1[N+](=O)[O-]. The molecule has 0 fully saturated rings. The lowest BCUT2D eigenvalue weighted by Gasteiger charge is -2.01. The Hall–Kier alpha value is -1.92. The van der Waals surface area contributed by atoms with E-state index in [2.05, 4.69) is 5.10 Å². The summed E-state index contributed by atoms with van der Waals surface area (Å²) in [6, 6.07) is 1.10. The lowest BCUT2D eigenvalue weighted by Crippen LogP contribution is -2.13. The normalized spacial score (nSPS) is 10.7. The quantitative estimate of drug-likeness (QED) is 0.595. The average Bonchev–Trinajstić information content (AvgIpc) is 2.58. The summed E-state index contributed by atoms with van der Waals surface area (Å²) >= 11 is 0. The van der Waals surface area contributed by atoms with Crippen molar-refractivity contribution >= 4 is 11.7 Å². The molecule has 0 aliphatic rings. The van der Waals surface area contributed by atoms with Crippen LogP contribution in [0.2, 0.25) is 0 Å². The third kappa shape index (κ3) is 2.78. The molecule has 1 amide bonds.